The second kappa shape index (κ2) is 11.5. The van der Waals surface area contributed by atoms with Crippen molar-refractivity contribution in [2.24, 2.45) is 4.99 Å². The summed E-state index contributed by atoms with van der Waals surface area (Å²) in [5, 5.41) is 10.9. The van der Waals surface area contributed by atoms with Gasteiger partial charge in [0.05, 0.1) is 12.7 Å². The van der Waals surface area contributed by atoms with Gasteiger partial charge in [0.2, 0.25) is 0 Å². The summed E-state index contributed by atoms with van der Waals surface area (Å²) in [6, 6.07) is 10.5. The van der Waals surface area contributed by atoms with Gasteiger partial charge in [-0.05, 0) is 36.5 Å². The van der Waals surface area contributed by atoms with Gasteiger partial charge in [0.25, 0.3) is 0 Å². The number of nitrogens with zero attached hydrogens (tertiary/aromatic N) is 3. The SMILES string of the molecule is CN=C(NCCCn1cccn1)NCc1cccc(COC2CCOCC2)c1. The van der Waals surface area contributed by atoms with Gasteiger partial charge in [0.1, 0.15) is 0 Å². The maximum Gasteiger partial charge on any atom is 0.191 e. The van der Waals surface area contributed by atoms with Gasteiger partial charge in [-0.25, -0.2) is 0 Å². The number of nitrogens with one attached hydrogen (secondary N) is 2. The van der Waals surface area contributed by atoms with E-state index in [1.165, 1.54) is 11.1 Å². The van der Waals surface area contributed by atoms with Crippen LogP contribution in [-0.4, -0.2) is 48.7 Å². The molecule has 0 saturated carbocycles. The number of ether oxygens (including phenoxy) is 2. The van der Waals surface area contributed by atoms with E-state index in [1.54, 1.807) is 13.2 Å². The molecule has 1 aromatic carbocycles. The van der Waals surface area contributed by atoms with Crippen LogP contribution in [0.2, 0.25) is 0 Å². The maximum absolute atomic E-state index is 6.02. The average Bonchev–Trinajstić information content (AvgIpc) is 3.26. The fourth-order valence-electron chi connectivity index (χ4n) is 3.17. The third kappa shape index (κ3) is 6.98. The molecule has 1 saturated heterocycles. The summed E-state index contributed by atoms with van der Waals surface area (Å²) in [4.78, 5) is 4.29. The van der Waals surface area contributed by atoms with Crippen LogP contribution in [0.1, 0.15) is 30.4 Å². The molecule has 1 aliphatic heterocycles. The Morgan fingerprint density at radius 2 is 2.11 bits per heavy atom. The molecule has 152 valence electrons. The van der Waals surface area contributed by atoms with Crippen LogP contribution >= 0.6 is 0 Å². The molecule has 7 heteroatoms. The fraction of sp³-hybridized carbons (Fsp3) is 0.524. The normalized spacial score (nSPS) is 15.5. The topological polar surface area (TPSA) is 72.7 Å². The van der Waals surface area contributed by atoms with E-state index >= 15 is 0 Å². The molecule has 7 nitrogen and oxygen atoms in total. The van der Waals surface area contributed by atoms with Crippen LogP contribution in [0.25, 0.3) is 0 Å². The van der Waals surface area contributed by atoms with E-state index in [1.807, 2.05) is 16.9 Å². The number of guanidine groups is 1. The summed E-state index contributed by atoms with van der Waals surface area (Å²) in [5.41, 5.74) is 2.42. The number of aromatic nitrogens is 2. The summed E-state index contributed by atoms with van der Waals surface area (Å²) >= 11 is 0. The van der Waals surface area contributed by atoms with Crippen molar-refractivity contribution < 1.29 is 9.47 Å². The van der Waals surface area contributed by atoms with Gasteiger partial charge in [-0.15, -0.1) is 0 Å². The Bertz CT molecular complexity index is 711. The highest BCUT2D eigenvalue weighted by Gasteiger charge is 2.14. The van der Waals surface area contributed by atoms with Gasteiger partial charge in [-0.3, -0.25) is 9.67 Å². The van der Waals surface area contributed by atoms with Crippen LogP contribution in [-0.2, 0) is 29.2 Å². The van der Waals surface area contributed by atoms with Gasteiger partial charge in [0, 0.05) is 52.3 Å². The van der Waals surface area contributed by atoms with E-state index in [0.29, 0.717) is 12.7 Å². The van der Waals surface area contributed by atoms with Gasteiger partial charge >= 0.3 is 0 Å². The molecule has 2 aromatic rings. The molecule has 0 spiro atoms. The van der Waals surface area contributed by atoms with Gasteiger partial charge in [-0.1, -0.05) is 24.3 Å². The van der Waals surface area contributed by atoms with E-state index in [-0.39, 0.29) is 0 Å². The molecule has 0 amide bonds. The van der Waals surface area contributed by atoms with Crippen molar-refractivity contribution in [3.8, 4) is 0 Å². The number of hydrogen-bond acceptors (Lipinski definition) is 4. The molecule has 28 heavy (non-hydrogen) atoms. The van der Waals surface area contributed by atoms with E-state index in [9.17, 15) is 0 Å². The van der Waals surface area contributed by atoms with Crippen molar-refractivity contribution in [1.82, 2.24) is 20.4 Å². The van der Waals surface area contributed by atoms with Gasteiger partial charge in [-0.2, -0.15) is 5.10 Å². The summed E-state index contributed by atoms with van der Waals surface area (Å²) in [7, 11) is 1.79. The maximum atomic E-state index is 6.02. The minimum absolute atomic E-state index is 0.320. The molecule has 0 bridgehead atoms. The molecule has 0 atom stereocenters. The Labute approximate surface area is 167 Å². The van der Waals surface area contributed by atoms with E-state index in [4.69, 9.17) is 9.47 Å². The van der Waals surface area contributed by atoms with Crippen molar-refractivity contribution in [3.63, 3.8) is 0 Å². The molecule has 2 heterocycles. The van der Waals surface area contributed by atoms with Gasteiger partial charge in [0.15, 0.2) is 5.96 Å². The molecule has 2 N–H and O–H groups in total. The summed E-state index contributed by atoms with van der Waals surface area (Å²) in [6.07, 6.45) is 7.07. The second-order valence-corrected chi connectivity index (χ2v) is 6.92. The highest BCUT2D eigenvalue weighted by molar-refractivity contribution is 5.79. The first-order chi connectivity index (χ1) is 13.8. The predicted molar refractivity (Wildman–Crippen MR) is 110 cm³/mol. The molecular weight excluding hydrogens is 354 g/mol. The Morgan fingerprint density at radius 1 is 1.25 bits per heavy atom. The highest BCUT2D eigenvalue weighted by atomic mass is 16.5. The molecule has 1 aliphatic rings. The largest absolute Gasteiger partial charge is 0.381 e. The second-order valence-electron chi connectivity index (χ2n) is 6.92. The minimum atomic E-state index is 0.320. The lowest BCUT2D eigenvalue weighted by molar-refractivity contribution is -0.0390. The Balaban J connectivity index is 1.37. The third-order valence-corrected chi connectivity index (χ3v) is 4.74. The molecule has 1 aromatic heterocycles. The highest BCUT2D eigenvalue weighted by Crippen LogP contribution is 2.14. The fourth-order valence-corrected chi connectivity index (χ4v) is 3.17. The first kappa shape index (κ1) is 20.4. The number of aliphatic imine (C=N–C) groups is 1. The lowest BCUT2D eigenvalue weighted by atomic mass is 10.1. The lowest BCUT2D eigenvalue weighted by Gasteiger charge is -2.22. The monoisotopic (exact) mass is 385 g/mol. The Morgan fingerprint density at radius 3 is 2.89 bits per heavy atom. The predicted octanol–water partition coefficient (Wildman–Crippen LogP) is 2.33. The summed E-state index contributed by atoms with van der Waals surface area (Å²) in [5.74, 6) is 0.810. The van der Waals surface area contributed by atoms with Crippen LogP contribution in [0.3, 0.4) is 0 Å². The van der Waals surface area contributed by atoms with E-state index in [0.717, 1.165) is 58.1 Å². The van der Waals surface area contributed by atoms with Crippen LogP contribution in [0.5, 0.6) is 0 Å². The minimum Gasteiger partial charge on any atom is -0.381 e. The first-order valence-corrected chi connectivity index (χ1v) is 10.0. The summed E-state index contributed by atoms with van der Waals surface area (Å²) in [6.45, 7) is 4.74. The molecule has 0 aliphatic carbocycles. The van der Waals surface area contributed by atoms with Crippen molar-refractivity contribution in [1.29, 1.82) is 0 Å². The van der Waals surface area contributed by atoms with E-state index in [2.05, 4.69) is 45.0 Å². The van der Waals surface area contributed by atoms with Crippen LogP contribution in [0.4, 0.5) is 0 Å². The standard InChI is InChI=1S/C21H31N5O2/c1-22-21(23-9-3-11-26-12-4-10-25-26)24-16-18-5-2-6-19(15-18)17-28-20-7-13-27-14-8-20/h2,4-6,10,12,15,20H,3,7-9,11,13-14,16-17H2,1H3,(H2,22,23,24). The molecule has 0 radical (unpaired) electrons. The number of benzene rings is 1. The van der Waals surface area contributed by atoms with E-state index < -0.39 is 0 Å². The third-order valence-electron chi connectivity index (χ3n) is 4.74. The van der Waals surface area contributed by atoms with Crippen molar-refractivity contribution >= 4 is 5.96 Å². The van der Waals surface area contributed by atoms with Crippen LogP contribution in [0, 0.1) is 0 Å². The smallest absolute Gasteiger partial charge is 0.191 e. The average molecular weight is 386 g/mol. The summed E-state index contributed by atoms with van der Waals surface area (Å²) < 4.78 is 13.3. The zero-order valence-electron chi connectivity index (χ0n) is 16.6. The van der Waals surface area contributed by atoms with Crippen LogP contribution < -0.4 is 10.6 Å². The first-order valence-electron chi connectivity index (χ1n) is 10.0. The molecular formula is C21H31N5O2. The Kier molecular flexibility index (Phi) is 8.33. The lowest BCUT2D eigenvalue weighted by Crippen LogP contribution is -2.37. The zero-order valence-corrected chi connectivity index (χ0v) is 16.6. The van der Waals surface area contributed by atoms with Gasteiger partial charge < -0.3 is 20.1 Å². The zero-order chi connectivity index (χ0) is 19.4. The van der Waals surface area contributed by atoms with Crippen molar-refractivity contribution in [2.45, 2.75) is 45.1 Å². The number of aryl methyl sites for hydroxylation is 1. The van der Waals surface area contributed by atoms with Crippen molar-refractivity contribution in [3.05, 3.63) is 53.9 Å². The van der Waals surface area contributed by atoms with Crippen molar-refractivity contribution in [2.75, 3.05) is 26.8 Å². The van der Waals surface area contributed by atoms with Crippen LogP contribution in [0.15, 0.2) is 47.7 Å². The quantitative estimate of drug-likeness (QED) is 0.394. The molecule has 1 fully saturated rings. The molecule has 0 unspecified atom stereocenters. The number of rotatable bonds is 9. The molecule has 3 rings (SSSR count). The number of hydrogen-bond donors (Lipinski definition) is 2. The Hall–Kier alpha value is -2.38.